The average Bonchev–Trinajstić information content (AvgIpc) is 3.02. The summed E-state index contributed by atoms with van der Waals surface area (Å²) in [7, 11) is 0. The first-order valence-corrected chi connectivity index (χ1v) is 12.6. The first-order chi connectivity index (χ1) is 18.9. The van der Waals surface area contributed by atoms with Gasteiger partial charge in [-0.2, -0.15) is 0 Å². The quantitative estimate of drug-likeness (QED) is 0.222. The molecule has 0 unspecified atom stereocenters. The fourth-order valence-electron chi connectivity index (χ4n) is 4.78. The van der Waals surface area contributed by atoms with Crippen molar-refractivity contribution in [3.05, 3.63) is 174 Å². The Balaban J connectivity index is 1.50. The SMILES string of the molecule is c1ccc(C(=C(c2ccccc2)c2ccc(-c3cccc(-c4ncncn4)c3)cc2)c2ccccc2)cc1. The van der Waals surface area contributed by atoms with Crippen LogP contribution in [0.1, 0.15) is 22.3 Å². The molecular formula is C35H25N3. The van der Waals surface area contributed by atoms with Gasteiger partial charge in [-0.1, -0.05) is 133 Å². The van der Waals surface area contributed by atoms with Crippen molar-refractivity contribution >= 4 is 11.1 Å². The van der Waals surface area contributed by atoms with E-state index in [0.29, 0.717) is 5.82 Å². The molecule has 6 rings (SSSR count). The van der Waals surface area contributed by atoms with E-state index in [9.17, 15) is 0 Å². The van der Waals surface area contributed by atoms with E-state index in [1.165, 1.54) is 40.5 Å². The van der Waals surface area contributed by atoms with Crippen LogP contribution in [0.3, 0.4) is 0 Å². The maximum atomic E-state index is 4.30. The lowest BCUT2D eigenvalue weighted by Crippen LogP contribution is -1.97. The summed E-state index contributed by atoms with van der Waals surface area (Å²) in [6.07, 6.45) is 3.05. The van der Waals surface area contributed by atoms with Gasteiger partial charge in [-0.05, 0) is 50.6 Å². The lowest BCUT2D eigenvalue weighted by molar-refractivity contribution is 1.06. The Labute approximate surface area is 222 Å². The van der Waals surface area contributed by atoms with E-state index in [2.05, 4.69) is 142 Å². The van der Waals surface area contributed by atoms with Crippen LogP contribution in [0.25, 0.3) is 33.7 Å². The van der Waals surface area contributed by atoms with Crippen LogP contribution in [0.4, 0.5) is 0 Å². The summed E-state index contributed by atoms with van der Waals surface area (Å²) in [5.41, 5.74) is 10.4. The third-order valence-corrected chi connectivity index (χ3v) is 6.56. The standard InChI is InChI=1S/C35H25N3/c1-4-11-27(12-5-1)33(28-13-6-2-7-14-28)34(29-15-8-3-9-16-29)30-21-19-26(20-22-30)31-17-10-18-32(23-31)35-37-24-36-25-38-35/h1-25H. The number of benzene rings is 5. The van der Waals surface area contributed by atoms with Crippen LogP contribution in [-0.4, -0.2) is 15.0 Å². The minimum atomic E-state index is 0.670. The zero-order valence-corrected chi connectivity index (χ0v) is 20.8. The lowest BCUT2D eigenvalue weighted by atomic mass is 9.85. The number of hydrogen-bond acceptors (Lipinski definition) is 3. The maximum absolute atomic E-state index is 4.30. The average molecular weight is 488 g/mol. The summed E-state index contributed by atoms with van der Waals surface area (Å²) in [6.45, 7) is 0. The van der Waals surface area contributed by atoms with E-state index in [4.69, 9.17) is 0 Å². The van der Waals surface area contributed by atoms with Crippen molar-refractivity contribution in [3.63, 3.8) is 0 Å². The third kappa shape index (κ3) is 4.91. The Morgan fingerprint density at radius 1 is 0.368 bits per heavy atom. The highest BCUT2D eigenvalue weighted by Gasteiger charge is 2.16. The Kier molecular flexibility index (Phi) is 6.64. The van der Waals surface area contributed by atoms with E-state index in [1.807, 2.05) is 12.1 Å². The summed E-state index contributed by atoms with van der Waals surface area (Å²) < 4.78 is 0. The van der Waals surface area contributed by atoms with Crippen molar-refractivity contribution in [1.82, 2.24) is 15.0 Å². The second kappa shape index (κ2) is 10.9. The summed E-state index contributed by atoms with van der Waals surface area (Å²) in [4.78, 5) is 12.5. The van der Waals surface area contributed by atoms with Gasteiger partial charge in [-0.25, -0.2) is 15.0 Å². The van der Waals surface area contributed by atoms with E-state index in [1.54, 1.807) is 0 Å². The Morgan fingerprint density at radius 2 is 0.816 bits per heavy atom. The number of hydrogen-bond donors (Lipinski definition) is 0. The molecule has 0 aliphatic carbocycles. The predicted molar refractivity (Wildman–Crippen MR) is 155 cm³/mol. The Hall–Kier alpha value is -5.15. The van der Waals surface area contributed by atoms with Gasteiger partial charge in [0.2, 0.25) is 0 Å². The normalized spacial score (nSPS) is 10.6. The maximum Gasteiger partial charge on any atom is 0.162 e. The summed E-state index contributed by atoms with van der Waals surface area (Å²) in [5.74, 6) is 0.670. The van der Waals surface area contributed by atoms with Crippen LogP contribution in [-0.2, 0) is 0 Å². The molecule has 0 aliphatic heterocycles. The molecule has 3 heteroatoms. The third-order valence-electron chi connectivity index (χ3n) is 6.56. The second-order valence-corrected chi connectivity index (χ2v) is 8.97. The predicted octanol–water partition coefficient (Wildman–Crippen LogP) is 8.21. The Bertz CT molecular complexity index is 1620. The number of aromatic nitrogens is 3. The van der Waals surface area contributed by atoms with Gasteiger partial charge < -0.3 is 0 Å². The van der Waals surface area contributed by atoms with Crippen molar-refractivity contribution in [2.24, 2.45) is 0 Å². The van der Waals surface area contributed by atoms with E-state index >= 15 is 0 Å². The van der Waals surface area contributed by atoms with Gasteiger partial charge in [0.1, 0.15) is 12.7 Å². The van der Waals surface area contributed by atoms with Gasteiger partial charge in [0, 0.05) is 5.56 Å². The fraction of sp³-hybridized carbons (Fsp3) is 0. The molecular weight excluding hydrogens is 462 g/mol. The van der Waals surface area contributed by atoms with Gasteiger partial charge in [-0.3, -0.25) is 0 Å². The van der Waals surface area contributed by atoms with Gasteiger partial charge in [0.15, 0.2) is 5.82 Å². The second-order valence-electron chi connectivity index (χ2n) is 8.97. The van der Waals surface area contributed by atoms with Gasteiger partial charge >= 0.3 is 0 Å². The lowest BCUT2D eigenvalue weighted by Gasteiger charge is -2.18. The Morgan fingerprint density at radius 3 is 1.32 bits per heavy atom. The highest BCUT2D eigenvalue weighted by atomic mass is 15.0. The molecule has 180 valence electrons. The first-order valence-electron chi connectivity index (χ1n) is 12.6. The molecule has 0 bridgehead atoms. The molecule has 3 nitrogen and oxygen atoms in total. The smallest absolute Gasteiger partial charge is 0.162 e. The monoisotopic (exact) mass is 487 g/mol. The minimum absolute atomic E-state index is 0.670. The van der Waals surface area contributed by atoms with Crippen LogP contribution < -0.4 is 0 Å². The molecule has 0 aliphatic rings. The van der Waals surface area contributed by atoms with E-state index in [-0.39, 0.29) is 0 Å². The molecule has 0 atom stereocenters. The molecule has 0 saturated heterocycles. The zero-order valence-electron chi connectivity index (χ0n) is 20.8. The molecule has 0 N–H and O–H groups in total. The molecule has 0 amide bonds. The number of nitrogens with zero attached hydrogens (tertiary/aromatic N) is 3. The molecule has 0 spiro atoms. The topological polar surface area (TPSA) is 38.7 Å². The summed E-state index contributed by atoms with van der Waals surface area (Å²) in [5, 5.41) is 0. The first kappa shape index (κ1) is 23.3. The van der Waals surface area contributed by atoms with Crippen LogP contribution in [0.15, 0.2) is 152 Å². The van der Waals surface area contributed by atoms with Crippen LogP contribution in [0, 0.1) is 0 Å². The molecule has 0 fully saturated rings. The van der Waals surface area contributed by atoms with Gasteiger partial charge in [0.05, 0.1) is 0 Å². The van der Waals surface area contributed by atoms with Crippen LogP contribution in [0.5, 0.6) is 0 Å². The van der Waals surface area contributed by atoms with Gasteiger partial charge in [0.25, 0.3) is 0 Å². The minimum Gasteiger partial charge on any atom is -0.225 e. The van der Waals surface area contributed by atoms with Crippen molar-refractivity contribution < 1.29 is 0 Å². The van der Waals surface area contributed by atoms with Crippen LogP contribution >= 0.6 is 0 Å². The van der Waals surface area contributed by atoms with Crippen molar-refractivity contribution in [1.29, 1.82) is 0 Å². The highest BCUT2D eigenvalue weighted by molar-refractivity contribution is 6.04. The summed E-state index contributed by atoms with van der Waals surface area (Å²) >= 11 is 0. The number of rotatable bonds is 6. The fourth-order valence-corrected chi connectivity index (χ4v) is 4.78. The molecule has 5 aromatic carbocycles. The molecule has 0 saturated carbocycles. The van der Waals surface area contributed by atoms with Crippen molar-refractivity contribution in [2.75, 3.05) is 0 Å². The molecule has 38 heavy (non-hydrogen) atoms. The summed E-state index contributed by atoms with van der Waals surface area (Å²) in [6, 6.07) is 49.1. The molecule has 1 aromatic heterocycles. The zero-order chi connectivity index (χ0) is 25.6. The van der Waals surface area contributed by atoms with Crippen molar-refractivity contribution in [2.45, 2.75) is 0 Å². The largest absolute Gasteiger partial charge is 0.225 e. The molecule has 6 aromatic rings. The van der Waals surface area contributed by atoms with E-state index in [0.717, 1.165) is 22.3 Å². The molecule has 0 radical (unpaired) electrons. The van der Waals surface area contributed by atoms with E-state index < -0.39 is 0 Å². The van der Waals surface area contributed by atoms with Crippen LogP contribution in [0.2, 0.25) is 0 Å². The van der Waals surface area contributed by atoms with Crippen molar-refractivity contribution in [3.8, 4) is 22.5 Å². The highest BCUT2D eigenvalue weighted by Crippen LogP contribution is 2.37. The molecule has 1 heterocycles. The van der Waals surface area contributed by atoms with Gasteiger partial charge in [-0.15, -0.1) is 0 Å².